The van der Waals surface area contributed by atoms with E-state index in [1.807, 2.05) is 32.0 Å². The molecule has 1 amide bonds. The van der Waals surface area contributed by atoms with Crippen LogP contribution >= 0.6 is 0 Å². The molecule has 4 rings (SSSR count). The van der Waals surface area contributed by atoms with Gasteiger partial charge in [-0.05, 0) is 43.7 Å². The van der Waals surface area contributed by atoms with Gasteiger partial charge >= 0.3 is 5.69 Å². The van der Waals surface area contributed by atoms with E-state index in [1.165, 1.54) is 23.1 Å². The lowest BCUT2D eigenvalue weighted by molar-refractivity contribution is -0.386. The van der Waals surface area contributed by atoms with Crippen LogP contribution in [0.15, 0.2) is 61.1 Å². The average molecular weight is 525 g/mol. The van der Waals surface area contributed by atoms with Crippen molar-refractivity contribution in [2.75, 3.05) is 18.5 Å². The molecule has 2 heterocycles. The maximum absolute atomic E-state index is 13.5. The van der Waals surface area contributed by atoms with Crippen LogP contribution in [-0.4, -0.2) is 43.6 Å². The molecule has 0 atom stereocenters. The molecular formula is C25H25FN6O6. The Labute approximate surface area is 216 Å². The first-order valence-electron chi connectivity index (χ1n) is 11.7. The van der Waals surface area contributed by atoms with Gasteiger partial charge < -0.3 is 19.5 Å². The molecule has 0 saturated heterocycles. The van der Waals surface area contributed by atoms with Gasteiger partial charge in [0.05, 0.1) is 36.6 Å². The molecule has 0 spiro atoms. The molecule has 0 aliphatic heterocycles. The fourth-order valence-electron chi connectivity index (χ4n) is 3.54. The molecular weight excluding hydrogens is 499 g/mol. The monoisotopic (exact) mass is 524 g/mol. The Morgan fingerprint density at radius 2 is 1.82 bits per heavy atom. The Morgan fingerprint density at radius 3 is 2.58 bits per heavy atom. The van der Waals surface area contributed by atoms with Gasteiger partial charge in [0.15, 0.2) is 23.9 Å². The molecule has 13 heteroatoms. The second-order valence-corrected chi connectivity index (χ2v) is 7.91. The number of hydrogen-bond donors (Lipinski definition) is 1. The summed E-state index contributed by atoms with van der Waals surface area (Å²) in [5, 5.41) is 22.2. The fraction of sp³-hybridized carbons (Fsp3) is 0.240. The number of hydrogen-bond acceptors (Lipinski definition) is 8. The number of amides is 1. The zero-order valence-electron chi connectivity index (χ0n) is 20.7. The van der Waals surface area contributed by atoms with Gasteiger partial charge in [-0.2, -0.15) is 10.2 Å². The number of carbonyl (C=O) groups excluding carboxylic acids is 1. The summed E-state index contributed by atoms with van der Waals surface area (Å²) in [4.78, 5) is 23.1. The van der Waals surface area contributed by atoms with E-state index < -0.39 is 16.6 Å². The van der Waals surface area contributed by atoms with Crippen molar-refractivity contribution < 1.29 is 28.3 Å². The standard InChI is InChI=1S/C25H25FN6O6/c1-3-36-22-8-5-17(11-24(22)37-4-2)14-31-15-19(13-27-31)28-25(33)20-9-10-30(29-20)16-38-23-12-18(26)6-7-21(23)32(34)35/h5-13,15H,3-4,14,16H2,1-2H3,(H,28,33). The minimum absolute atomic E-state index is 0.0861. The molecule has 198 valence electrons. The number of nitrogens with one attached hydrogen (secondary N) is 1. The second kappa shape index (κ2) is 11.9. The molecule has 0 saturated carbocycles. The van der Waals surface area contributed by atoms with Crippen LogP contribution in [0.25, 0.3) is 0 Å². The quantitative estimate of drug-likeness (QED) is 0.215. The predicted octanol–water partition coefficient (Wildman–Crippen LogP) is 4.26. The summed E-state index contributed by atoms with van der Waals surface area (Å²) >= 11 is 0. The minimum Gasteiger partial charge on any atom is -0.490 e. The third kappa shape index (κ3) is 6.43. The van der Waals surface area contributed by atoms with Gasteiger partial charge in [-0.1, -0.05) is 6.07 Å². The number of nitro groups is 1. The Bertz CT molecular complexity index is 1440. The van der Waals surface area contributed by atoms with Gasteiger partial charge in [0.2, 0.25) is 5.75 Å². The summed E-state index contributed by atoms with van der Waals surface area (Å²) in [6.45, 7) is 5.03. The van der Waals surface area contributed by atoms with Crippen LogP contribution in [-0.2, 0) is 13.3 Å². The van der Waals surface area contributed by atoms with E-state index >= 15 is 0 Å². The largest absolute Gasteiger partial charge is 0.490 e. The number of benzene rings is 2. The van der Waals surface area contributed by atoms with Crippen LogP contribution < -0.4 is 19.5 Å². The van der Waals surface area contributed by atoms with E-state index in [0.717, 1.165) is 23.8 Å². The molecule has 0 aliphatic carbocycles. The minimum atomic E-state index is -0.677. The lowest BCUT2D eigenvalue weighted by atomic mass is 10.2. The van der Waals surface area contributed by atoms with Crippen LogP contribution in [0.4, 0.5) is 15.8 Å². The molecule has 0 bridgehead atoms. The van der Waals surface area contributed by atoms with Gasteiger partial charge in [-0.15, -0.1) is 0 Å². The van der Waals surface area contributed by atoms with Crippen LogP contribution in [0.2, 0.25) is 0 Å². The molecule has 0 aliphatic rings. The Morgan fingerprint density at radius 1 is 1.03 bits per heavy atom. The molecule has 0 unspecified atom stereocenters. The van der Waals surface area contributed by atoms with Crippen molar-refractivity contribution in [3.05, 3.63) is 88.2 Å². The van der Waals surface area contributed by atoms with Gasteiger partial charge in [0, 0.05) is 24.5 Å². The zero-order valence-corrected chi connectivity index (χ0v) is 20.7. The Hall–Kier alpha value is -4.94. The number of aromatic nitrogens is 4. The first-order valence-corrected chi connectivity index (χ1v) is 11.7. The molecule has 12 nitrogen and oxygen atoms in total. The average Bonchev–Trinajstić information content (AvgIpc) is 3.54. The Balaban J connectivity index is 1.36. The highest BCUT2D eigenvalue weighted by molar-refractivity contribution is 6.02. The van der Waals surface area contributed by atoms with Crippen LogP contribution in [0, 0.1) is 15.9 Å². The maximum Gasteiger partial charge on any atom is 0.311 e. The predicted molar refractivity (Wildman–Crippen MR) is 134 cm³/mol. The molecule has 4 aromatic rings. The normalized spacial score (nSPS) is 10.7. The van der Waals surface area contributed by atoms with Crippen molar-refractivity contribution in [2.24, 2.45) is 0 Å². The number of anilines is 1. The van der Waals surface area contributed by atoms with Crippen molar-refractivity contribution in [2.45, 2.75) is 27.1 Å². The van der Waals surface area contributed by atoms with E-state index in [-0.39, 0.29) is 23.9 Å². The number of nitro benzene ring substituents is 1. The maximum atomic E-state index is 13.5. The van der Waals surface area contributed by atoms with Crippen LogP contribution in [0.5, 0.6) is 17.2 Å². The van der Waals surface area contributed by atoms with Crippen LogP contribution in [0.1, 0.15) is 29.9 Å². The van der Waals surface area contributed by atoms with E-state index in [1.54, 1.807) is 10.9 Å². The van der Waals surface area contributed by atoms with E-state index in [4.69, 9.17) is 14.2 Å². The summed E-state index contributed by atoms with van der Waals surface area (Å²) < 4.78 is 33.0. The first kappa shape index (κ1) is 26.1. The van der Waals surface area contributed by atoms with E-state index in [9.17, 15) is 19.3 Å². The molecule has 2 aromatic carbocycles. The third-order valence-corrected chi connectivity index (χ3v) is 5.19. The van der Waals surface area contributed by atoms with E-state index in [0.29, 0.717) is 36.9 Å². The summed E-state index contributed by atoms with van der Waals surface area (Å²) in [6, 6.07) is 10.0. The summed E-state index contributed by atoms with van der Waals surface area (Å²) in [7, 11) is 0. The summed E-state index contributed by atoms with van der Waals surface area (Å²) in [6.07, 6.45) is 4.66. The van der Waals surface area contributed by atoms with Crippen LogP contribution in [0.3, 0.4) is 0 Å². The summed E-state index contributed by atoms with van der Waals surface area (Å²) in [5.74, 6) is -0.0851. The molecule has 0 radical (unpaired) electrons. The van der Waals surface area contributed by atoms with Gasteiger partial charge in [0.1, 0.15) is 5.82 Å². The second-order valence-electron chi connectivity index (χ2n) is 7.91. The topological polar surface area (TPSA) is 136 Å². The number of halogens is 1. The van der Waals surface area contributed by atoms with Crippen molar-refractivity contribution >= 4 is 17.3 Å². The SMILES string of the molecule is CCOc1ccc(Cn2cc(NC(=O)c3ccn(COc4cc(F)ccc4[N+](=O)[O-])n3)cn2)cc1OCC. The first-order chi connectivity index (χ1) is 18.4. The zero-order chi connectivity index (χ0) is 27.1. The highest BCUT2D eigenvalue weighted by Crippen LogP contribution is 2.29. The molecule has 1 N–H and O–H groups in total. The fourth-order valence-corrected chi connectivity index (χ4v) is 3.54. The van der Waals surface area contributed by atoms with Crippen molar-refractivity contribution in [1.82, 2.24) is 19.6 Å². The molecule has 0 fully saturated rings. The lowest BCUT2D eigenvalue weighted by Crippen LogP contribution is -2.14. The van der Waals surface area contributed by atoms with Crippen molar-refractivity contribution in [1.29, 1.82) is 0 Å². The van der Waals surface area contributed by atoms with Crippen molar-refractivity contribution in [3.63, 3.8) is 0 Å². The lowest BCUT2D eigenvalue weighted by Gasteiger charge is -2.12. The van der Waals surface area contributed by atoms with Crippen molar-refractivity contribution in [3.8, 4) is 17.2 Å². The van der Waals surface area contributed by atoms with E-state index in [2.05, 4.69) is 15.5 Å². The third-order valence-electron chi connectivity index (χ3n) is 5.19. The number of nitrogens with zero attached hydrogens (tertiary/aromatic N) is 5. The number of ether oxygens (including phenoxy) is 3. The Kier molecular flexibility index (Phi) is 8.16. The number of rotatable bonds is 12. The van der Waals surface area contributed by atoms with Gasteiger partial charge in [-0.25, -0.2) is 9.07 Å². The summed E-state index contributed by atoms with van der Waals surface area (Å²) in [5.41, 5.74) is 1.11. The molecule has 2 aromatic heterocycles. The van der Waals surface area contributed by atoms with Gasteiger partial charge in [-0.3, -0.25) is 19.6 Å². The highest BCUT2D eigenvalue weighted by atomic mass is 19.1. The van der Waals surface area contributed by atoms with Gasteiger partial charge in [0.25, 0.3) is 5.91 Å². The number of carbonyl (C=O) groups is 1. The molecule has 38 heavy (non-hydrogen) atoms. The highest BCUT2D eigenvalue weighted by Gasteiger charge is 2.17. The smallest absolute Gasteiger partial charge is 0.311 e.